The van der Waals surface area contributed by atoms with Crippen molar-refractivity contribution in [2.45, 2.75) is 0 Å². The Morgan fingerprint density at radius 2 is 1.32 bits per heavy atom. The smallest absolute Gasteiger partial charge is 0.270 e. The van der Waals surface area contributed by atoms with Crippen molar-refractivity contribution in [3.8, 4) is 0 Å². The Morgan fingerprint density at radius 3 is 1.81 bits per heavy atom. The molecule has 0 bridgehead atoms. The van der Waals surface area contributed by atoms with E-state index in [0.717, 1.165) is 0 Å². The molecule has 3 rings (SSSR count). The van der Waals surface area contributed by atoms with Gasteiger partial charge in [0.25, 0.3) is 17.5 Å². The van der Waals surface area contributed by atoms with Gasteiger partial charge in [-0.2, -0.15) is 0 Å². The molecule has 3 aromatic rings. The van der Waals surface area contributed by atoms with Crippen LogP contribution in [0.25, 0.3) is 6.08 Å². The van der Waals surface area contributed by atoms with Crippen LogP contribution in [0.2, 0.25) is 10.0 Å². The Bertz CT molecular complexity index is 1130. The molecule has 0 aliphatic carbocycles. The first kappa shape index (κ1) is 22.0. The van der Waals surface area contributed by atoms with Crippen LogP contribution in [0.5, 0.6) is 0 Å². The average molecular weight is 456 g/mol. The molecule has 9 heteroatoms. The predicted octanol–water partition coefficient (Wildman–Crippen LogP) is 5.56. The van der Waals surface area contributed by atoms with Crippen LogP contribution in [0.4, 0.5) is 17.1 Å². The Hall–Kier alpha value is -3.68. The third kappa shape index (κ3) is 5.69. The van der Waals surface area contributed by atoms with Gasteiger partial charge in [-0.15, -0.1) is 0 Å². The molecule has 0 atom stereocenters. The summed E-state index contributed by atoms with van der Waals surface area (Å²) in [7, 11) is 0. The molecule has 3 aromatic carbocycles. The summed E-state index contributed by atoms with van der Waals surface area (Å²) in [5, 5.41) is 16.8. The third-order valence-corrected chi connectivity index (χ3v) is 4.78. The largest absolute Gasteiger partial charge is 0.320 e. The van der Waals surface area contributed by atoms with E-state index in [1.807, 2.05) is 0 Å². The summed E-state index contributed by atoms with van der Waals surface area (Å²) in [6.45, 7) is 0. The number of amides is 2. The van der Waals surface area contributed by atoms with Crippen molar-refractivity contribution in [3.63, 3.8) is 0 Å². The lowest BCUT2D eigenvalue weighted by atomic mass is 10.1. The molecule has 0 aliphatic rings. The van der Waals surface area contributed by atoms with Crippen LogP contribution >= 0.6 is 23.2 Å². The van der Waals surface area contributed by atoms with Crippen molar-refractivity contribution in [3.05, 3.63) is 104 Å². The maximum Gasteiger partial charge on any atom is 0.270 e. The van der Waals surface area contributed by atoms with Gasteiger partial charge < -0.3 is 10.6 Å². The molecule has 156 valence electrons. The molecule has 0 aliphatic heterocycles. The highest BCUT2D eigenvalue weighted by atomic mass is 35.5. The fourth-order valence-electron chi connectivity index (χ4n) is 2.63. The third-order valence-electron chi connectivity index (χ3n) is 4.13. The molecule has 0 fully saturated rings. The van der Waals surface area contributed by atoms with Crippen LogP contribution < -0.4 is 10.6 Å². The van der Waals surface area contributed by atoms with Crippen LogP contribution in [-0.4, -0.2) is 16.7 Å². The lowest BCUT2D eigenvalue weighted by Crippen LogP contribution is -2.25. The SMILES string of the molecule is O=C(Nc1ccccc1Cl)C(=Cc1cccc([N+](=O)[O-])c1)C(=O)Nc1ccccc1Cl. The number of nitrogens with one attached hydrogen (secondary N) is 2. The molecule has 0 spiro atoms. The second-order valence-corrected chi connectivity index (χ2v) is 7.09. The quantitative estimate of drug-likeness (QED) is 0.167. The van der Waals surface area contributed by atoms with Gasteiger partial charge >= 0.3 is 0 Å². The van der Waals surface area contributed by atoms with Crippen molar-refractivity contribution in [2.75, 3.05) is 10.6 Å². The van der Waals surface area contributed by atoms with E-state index in [2.05, 4.69) is 10.6 Å². The number of nitro groups is 1. The Balaban J connectivity index is 1.98. The van der Waals surface area contributed by atoms with Crippen LogP contribution in [0, 0.1) is 10.1 Å². The fraction of sp³-hybridized carbons (Fsp3) is 0. The standard InChI is InChI=1S/C22H15Cl2N3O4/c23-17-8-1-3-10-19(17)25-21(28)16(13-14-6-5-7-15(12-14)27(30)31)22(29)26-20-11-4-2-9-18(20)24/h1-13H,(H,25,28)(H,26,29). The van der Waals surface area contributed by atoms with Crippen molar-refractivity contribution >= 4 is 58.2 Å². The van der Waals surface area contributed by atoms with Gasteiger partial charge in [0.05, 0.1) is 26.3 Å². The van der Waals surface area contributed by atoms with E-state index in [0.29, 0.717) is 16.9 Å². The van der Waals surface area contributed by atoms with E-state index in [-0.39, 0.29) is 21.3 Å². The minimum atomic E-state index is -0.746. The average Bonchev–Trinajstić information content (AvgIpc) is 2.75. The Labute approximate surface area is 187 Å². The van der Waals surface area contributed by atoms with E-state index in [9.17, 15) is 19.7 Å². The monoisotopic (exact) mass is 455 g/mol. The molecule has 0 saturated heterocycles. The second-order valence-electron chi connectivity index (χ2n) is 6.28. The lowest BCUT2D eigenvalue weighted by molar-refractivity contribution is -0.384. The number of nitro benzene ring substituents is 1. The Kier molecular flexibility index (Phi) is 7.02. The van der Waals surface area contributed by atoms with Gasteiger partial charge in [0.2, 0.25) is 0 Å². The number of nitrogens with zero attached hydrogens (tertiary/aromatic N) is 1. The Morgan fingerprint density at radius 1 is 0.806 bits per heavy atom. The van der Waals surface area contributed by atoms with Gasteiger partial charge in [-0.05, 0) is 35.9 Å². The van der Waals surface area contributed by atoms with Crippen molar-refractivity contribution in [1.29, 1.82) is 0 Å². The molecular formula is C22H15Cl2N3O4. The van der Waals surface area contributed by atoms with Gasteiger partial charge in [-0.1, -0.05) is 59.6 Å². The fourth-order valence-corrected chi connectivity index (χ4v) is 3.00. The predicted molar refractivity (Wildman–Crippen MR) is 121 cm³/mol. The summed E-state index contributed by atoms with van der Waals surface area (Å²) in [6, 6.07) is 18.6. The number of para-hydroxylation sites is 2. The molecule has 0 radical (unpaired) electrons. The van der Waals surface area contributed by atoms with Gasteiger partial charge in [0, 0.05) is 12.1 Å². The summed E-state index contributed by atoms with van der Waals surface area (Å²) in [6.07, 6.45) is 1.26. The molecule has 7 nitrogen and oxygen atoms in total. The number of rotatable bonds is 6. The van der Waals surface area contributed by atoms with E-state index in [1.54, 1.807) is 54.6 Å². The molecule has 2 amide bonds. The molecule has 2 N–H and O–H groups in total. The van der Waals surface area contributed by atoms with Gasteiger partial charge in [0.1, 0.15) is 5.57 Å². The molecule has 31 heavy (non-hydrogen) atoms. The zero-order chi connectivity index (χ0) is 22.4. The van der Waals surface area contributed by atoms with Gasteiger partial charge in [-0.25, -0.2) is 0 Å². The van der Waals surface area contributed by atoms with Crippen LogP contribution in [0.1, 0.15) is 5.56 Å². The van der Waals surface area contributed by atoms with E-state index in [1.165, 1.54) is 24.3 Å². The van der Waals surface area contributed by atoms with Crippen molar-refractivity contribution in [2.24, 2.45) is 0 Å². The maximum atomic E-state index is 12.9. The first-order chi connectivity index (χ1) is 14.8. The molecule has 0 aromatic heterocycles. The number of hydrogen-bond donors (Lipinski definition) is 2. The van der Waals surface area contributed by atoms with Crippen LogP contribution in [0.15, 0.2) is 78.4 Å². The minimum Gasteiger partial charge on any atom is -0.320 e. The highest BCUT2D eigenvalue weighted by Crippen LogP contribution is 2.24. The molecular weight excluding hydrogens is 441 g/mol. The summed E-state index contributed by atoms with van der Waals surface area (Å²) < 4.78 is 0. The number of benzene rings is 3. The zero-order valence-corrected chi connectivity index (χ0v) is 17.4. The van der Waals surface area contributed by atoms with E-state index < -0.39 is 16.7 Å². The number of non-ortho nitro benzene ring substituents is 1. The van der Waals surface area contributed by atoms with Crippen molar-refractivity contribution < 1.29 is 14.5 Å². The normalized spacial score (nSPS) is 10.1. The highest BCUT2D eigenvalue weighted by Gasteiger charge is 2.21. The molecule has 0 saturated carbocycles. The van der Waals surface area contributed by atoms with Gasteiger partial charge in [0.15, 0.2) is 0 Å². The van der Waals surface area contributed by atoms with Crippen LogP contribution in [-0.2, 0) is 9.59 Å². The van der Waals surface area contributed by atoms with E-state index in [4.69, 9.17) is 23.2 Å². The second kappa shape index (κ2) is 9.88. The number of halogens is 2. The summed E-state index contributed by atoms with van der Waals surface area (Å²) in [5.41, 5.74) is 0.452. The zero-order valence-electron chi connectivity index (χ0n) is 15.8. The summed E-state index contributed by atoms with van der Waals surface area (Å²) in [5.74, 6) is -1.49. The topological polar surface area (TPSA) is 101 Å². The van der Waals surface area contributed by atoms with Gasteiger partial charge in [-0.3, -0.25) is 19.7 Å². The highest BCUT2D eigenvalue weighted by molar-refractivity contribution is 6.36. The number of anilines is 2. The number of hydrogen-bond acceptors (Lipinski definition) is 4. The molecule has 0 unspecified atom stereocenters. The number of carbonyl (C=O) groups excluding carboxylic acids is 2. The first-order valence-electron chi connectivity index (χ1n) is 8.93. The van der Waals surface area contributed by atoms with E-state index >= 15 is 0 Å². The molecule has 0 heterocycles. The van der Waals surface area contributed by atoms with Crippen molar-refractivity contribution in [1.82, 2.24) is 0 Å². The number of carbonyl (C=O) groups is 2. The summed E-state index contributed by atoms with van der Waals surface area (Å²) >= 11 is 12.2. The minimum absolute atomic E-state index is 0.175. The first-order valence-corrected chi connectivity index (χ1v) is 9.68. The summed E-state index contributed by atoms with van der Waals surface area (Å²) in [4.78, 5) is 36.4. The van der Waals surface area contributed by atoms with Crippen LogP contribution in [0.3, 0.4) is 0 Å². The maximum absolute atomic E-state index is 12.9. The lowest BCUT2D eigenvalue weighted by Gasteiger charge is -2.12.